The largest absolute Gasteiger partial charge is 0.391 e. The summed E-state index contributed by atoms with van der Waals surface area (Å²) in [6.45, 7) is 4.60. The summed E-state index contributed by atoms with van der Waals surface area (Å²) in [5.41, 5.74) is 0.827. The third-order valence-electron chi connectivity index (χ3n) is 8.77. The monoisotopic (exact) mass is 521 g/mol. The van der Waals surface area contributed by atoms with Crippen molar-refractivity contribution in [2.75, 3.05) is 31.1 Å². The fraction of sp³-hybridized carbons (Fsp3) is 0.741. The number of hydrogen-bond acceptors (Lipinski definition) is 6. The molecule has 2 aromatic rings. The van der Waals surface area contributed by atoms with Crippen molar-refractivity contribution in [1.82, 2.24) is 19.4 Å². The highest BCUT2D eigenvalue weighted by Gasteiger charge is 2.42. The molecule has 2 aliphatic carbocycles. The number of anilines is 1. The Balaban J connectivity index is 1.30. The molecule has 0 radical (unpaired) electrons. The number of aromatic nitrogens is 3. The maximum absolute atomic E-state index is 13.2. The van der Waals surface area contributed by atoms with Crippen LogP contribution in [0.3, 0.4) is 0 Å². The van der Waals surface area contributed by atoms with Crippen LogP contribution in [0.1, 0.15) is 58.3 Å². The summed E-state index contributed by atoms with van der Waals surface area (Å²) >= 11 is 0. The molecule has 3 fully saturated rings. The van der Waals surface area contributed by atoms with Gasteiger partial charge in [-0.3, -0.25) is 9.69 Å². The molecule has 0 amide bonds. The lowest BCUT2D eigenvalue weighted by Gasteiger charge is -2.42. The van der Waals surface area contributed by atoms with Gasteiger partial charge in [-0.05, 0) is 76.8 Å². The maximum atomic E-state index is 13.2. The number of nitrogens with zero attached hydrogens (tertiary/aromatic N) is 5. The number of rotatable bonds is 8. The summed E-state index contributed by atoms with van der Waals surface area (Å²) in [6.07, 6.45) is 4.76. The zero-order valence-electron chi connectivity index (χ0n) is 21.5. The van der Waals surface area contributed by atoms with Gasteiger partial charge in [0, 0.05) is 37.8 Å². The lowest BCUT2D eigenvalue weighted by atomic mass is 9.80. The molecule has 7 nitrogen and oxygen atoms in total. The average molecular weight is 522 g/mol. The SMILES string of the molecule is CC(=O)CN1CCC(Cn2ccc3c(N(CC4CCC(C(F)(F)F)CC4)C4CCC4)ncnc32)C(O)C1. The van der Waals surface area contributed by atoms with Gasteiger partial charge < -0.3 is 14.6 Å². The summed E-state index contributed by atoms with van der Waals surface area (Å²) in [6, 6.07) is 2.41. The number of piperidine rings is 1. The number of likely N-dealkylation sites (tertiary alicyclic amines) is 1. The van der Waals surface area contributed by atoms with Gasteiger partial charge in [-0.25, -0.2) is 9.97 Å². The predicted molar refractivity (Wildman–Crippen MR) is 135 cm³/mol. The highest BCUT2D eigenvalue weighted by molar-refractivity contribution is 5.88. The van der Waals surface area contributed by atoms with E-state index in [1.807, 2.05) is 17.2 Å². The molecule has 2 atom stereocenters. The molecule has 2 unspecified atom stereocenters. The number of alkyl halides is 3. The smallest absolute Gasteiger partial charge is 0.391 e. The van der Waals surface area contributed by atoms with Crippen molar-refractivity contribution in [2.24, 2.45) is 17.8 Å². The third kappa shape index (κ3) is 5.95. The van der Waals surface area contributed by atoms with E-state index < -0.39 is 18.2 Å². The standard InChI is InChI=1S/C27H38F3N5O2/c1-18(36)13-33-11-9-20(24(37)16-33)15-34-12-10-23-25(34)31-17-32-26(23)35(22-3-2-4-22)14-19-5-7-21(8-6-19)27(28,29)30/h10,12,17,19-22,24,37H,2-9,11,13-16H2,1H3. The topological polar surface area (TPSA) is 74.5 Å². The molecule has 3 heterocycles. The van der Waals surface area contributed by atoms with Crippen LogP contribution in [-0.2, 0) is 11.3 Å². The Bertz CT molecular complexity index is 1080. The van der Waals surface area contributed by atoms with Crippen molar-refractivity contribution >= 4 is 22.6 Å². The van der Waals surface area contributed by atoms with Crippen LogP contribution in [0.5, 0.6) is 0 Å². The molecule has 10 heteroatoms. The van der Waals surface area contributed by atoms with Crippen LogP contribution in [0.15, 0.2) is 18.6 Å². The molecule has 1 aliphatic heterocycles. The summed E-state index contributed by atoms with van der Waals surface area (Å²) in [4.78, 5) is 25.1. The molecule has 2 saturated carbocycles. The van der Waals surface area contributed by atoms with Crippen LogP contribution in [0.25, 0.3) is 11.0 Å². The minimum absolute atomic E-state index is 0.0729. The Morgan fingerprint density at radius 1 is 1.14 bits per heavy atom. The Morgan fingerprint density at radius 3 is 2.51 bits per heavy atom. The fourth-order valence-corrected chi connectivity index (χ4v) is 6.39. The van der Waals surface area contributed by atoms with Crippen LogP contribution >= 0.6 is 0 Å². The summed E-state index contributed by atoms with van der Waals surface area (Å²) in [5.74, 6) is 0.134. The lowest BCUT2D eigenvalue weighted by Crippen LogP contribution is -2.46. The maximum Gasteiger partial charge on any atom is 0.391 e. The predicted octanol–water partition coefficient (Wildman–Crippen LogP) is 4.43. The normalized spacial score (nSPS) is 27.8. The van der Waals surface area contributed by atoms with Crippen molar-refractivity contribution in [3.63, 3.8) is 0 Å². The van der Waals surface area contributed by atoms with Crippen molar-refractivity contribution in [3.05, 3.63) is 18.6 Å². The van der Waals surface area contributed by atoms with Gasteiger partial charge in [0.1, 0.15) is 23.6 Å². The minimum atomic E-state index is -4.09. The molecule has 204 valence electrons. The van der Waals surface area contributed by atoms with Crippen LogP contribution in [-0.4, -0.2) is 74.8 Å². The highest BCUT2D eigenvalue weighted by Crippen LogP contribution is 2.41. The Morgan fingerprint density at radius 2 is 1.89 bits per heavy atom. The average Bonchev–Trinajstić information content (AvgIpc) is 3.21. The number of aliphatic hydroxyl groups excluding tert-OH is 1. The van der Waals surface area contributed by atoms with Gasteiger partial charge in [0.2, 0.25) is 0 Å². The van der Waals surface area contributed by atoms with E-state index >= 15 is 0 Å². The van der Waals surface area contributed by atoms with Crippen LogP contribution in [0, 0.1) is 17.8 Å². The molecular weight excluding hydrogens is 483 g/mol. The van der Waals surface area contributed by atoms with Gasteiger partial charge in [-0.1, -0.05) is 0 Å². The molecule has 37 heavy (non-hydrogen) atoms. The number of hydrogen-bond donors (Lipinski definition) is 1. The first kappa shape index (κ1) is 26.4. The quantitative estimate of drug-likeness (QED) is 0.554. The molecule has 0 spiro atoms. The molecule has 0 bridgehead atoms. The number of carbonyl (C=O) groups excluding carboxylic acids is 1. The molecule has 3 aliphatic rings. The third-order valence-corrected chi connectivity index (χ3v) is 8.77. The zero-order chi connectivity index (χ0) is 26.2. The van der Waals surface area contributed by atoms with E-state index in [-0.39, 0.29) is 30.5 Å². The van der Waals surface area contributed by atoms with E-state index in [0.29, 0.717) is 38.5 Å². The second-order valence-corrected chi connectivity index (χ2v) is 11.5. The van der Waals surface area contributed by atoms with Gasteiger partial charge in [-0.2, -0.15) is 13.2 Å². The van der Waals surface area contributed by atoms with E-state index in [2.05, 4.69) is 19.4 Å². The molecule has 1 N–H and O–H groups in total. The van der Waals surface area contributed by atoms with E-state index in [9.17, 15) is 23.1 Å². The Labute approximate surface area is 216 Å². The van der Waals surface area contributed by atoms with Gasteiger partial charge in [0.25, 0.3) is 0 Å². The number of ketones is 1. The van der Waals surface area contributed by atoms with Crippen molar-refractivity contribution < 1.29 is 23.1 Å². The van der Waals surface area contributed by atoms with Crippen molar-refractivity contribution in [2.45, 2.75) is 83.2 Å². The van der Waals surface area contributed by atoms with Crippen LogP contribution in [0.4, 0.5) is 19.0 Å². The molecule has 5 rings (SSSR count). The lowest BCUT2D eigenvalue weighted by molar-refractivity contribution is -0.183. The number of fused-ring (bicyclic) bond motifs is 1. The second-order valence-electron chi connectivity index (χ2n) is 11.5. The van der Waals surface area contributed by atoms with Gasteiger partial charge >= 0.3 is 6.18 Å². The molecular formula is C27H38F3N5O2. The number of β-amino-alcohol motifs (C(OH)–C–C–N with tert-alkyl or cyclic N) is 1. The summed E-state index contributed by atoms with van der Waals surface area (Å²) < 4.78 is 41.6. The number of aliphatic hydroxyl groups is 1. The van der Waals surface area contributed by atoms with Crippen LogP contribution < -0.4 is 4.90 Å². The minimum Gasteiger partial charge on any atom is -0.391 e. The Hall–Kier alpha value is -2.20. The highest BCUT2D eigenvalue weighted by atomic mass is 19.4. The number of Topliss-reactive ketones (excluding diaryl/α,β-unsaturated/α-hetero) is 1. The van der Waals surface area contributed by atoms with Gasteiger partial charge in [0.15, 0.2) is 0 Å². The first-order chi connectivity index (χ1) is 17.7. The first-order valence-corrected chi connectivity index (χ1v) is 13.7. The number of halogens is 3. The van der Waals surface area contributed by atoms with Crippen LogP contribution in [0.2, 0.25) is 0 Å². The second kappa shape index (κ2) is 10.9. The van der Waals surface area contributed by atoms with Gasteiger partial charge in [0.05, 0.1) is 24.0 Å². The zero-order valence-corrected chi connectivity index (χ0v) is 21.5. The van der Waals surface area contributed by atoms with E-state index in [1.54, 1.807) is 13.3 Å². The van der Waals surface area contributed by atoms with E-state index in [0.717, 1.165) is 55.6 Å². The van der Waals surface area contributed by atoms with Gasteiger partial charge in [-0.15, -0.1) is 0 Å². The Kier molecular flexibility index (Phi) is 7.77. The number of carbonyl (C=O) groups is 1. The summed E-state index contributed by atoms with van der Waals surface area (Å²) in [7, 11) is 0. The fourth-order valence-electron chi connectivity index (χ4n) is 6.39. The summed E-state index contributed by atoms with van der Waals surface area (Å²) in [5, 5.41) is 11.7. The van der Waals surface area contributed by atoms with Crippen molar-refractivity contribution in [1.29, 1.82) is 0 Å². The van der Waals surface area contributed by atoms with E-state index in [1.165, 1.54) is 0 Å². The first-order valence-electron chi connectivity index (χ1n) is 13.7. The van der Waals surface area contributed by atoms with E-state index in [4.69, 9.17) is 0 Å². The molecule has 2 aromatic heterocycles. The van der Waals surface area contributed by atoms with Crippen molar-refractivity contribution in [3.8, 4) is 0 Å². The molecule has 1 saturated heterocycles. The molecule has 0 aromatic carbocycles.